The number of rotatable bonds is 8. The Kier molecular flexibility index (Phi) is 7.67. The third-order valence-electron chi connectivity index (χ3n) is 4.39. The zero-order chi connectivity index (χ0) is 19.8. The number of halogens is 1. The minimum atomic E-state index is -0.538. The van der Waals surface area contributed by atoms with Crippen LogP contribution in [0.2, 0.25) is 5.02 Å². The molecule has 1 atom stereocenters. The molecule has 0 heterocycles. The lowest BCUT2D eigenvalue weighted by Gasteiger charge is -2.30. The fraction of sp³-hybridized carbons (Fsp3) is 0.333. The summed E-state index contributed by atoms with van der Waals surface area (Å²) in [5, 5.41) is 3.24. The summed E-state index contributed by atoms with van der Waals surface area (Å²) >= 11 is 6.03. The van der Waals surface area contributed by atoms with Crippen LogP contribution in [0.15, 0.2) is 48.5 Å². The van der Waals surface area contributed by atoms with E-state index >= 15 is 0 Å². The van der Waals surface area contributed by atoms with Crippen LogP contribution in [0, 0.1) is 0 Å². The SMILES string of the molecule is CCC(C(=O)NC)N(Cc1ccc(OC)cc1)C(=O)Cc1cccc(Cl)c1. The van der Waals surface area contributed by atoms with E-state index in [9.17, 15) is 9.59 Å². The van der Waals surface area contributed by atoms with Crippen molar-refractivity contribution in [2.75, 3.05) is 14.2 Å². The molecule has 27 heavy (non-hydrogen) atoms. The molecule has 2 aromatic rings. The summed E-state index contributed by atoms with van der Waals surface area (Å²) in [4.78, 5) is 27.0. The van der Waals surface area contributed by atoms with Crippen LogP contribution in [-0.2, 0) is 22.6 Å². The van der Waals surface area contributed by atoms with Gasteiger partial charge in [-0.05, 0) is 41.8 Å². The molecule has 0 aromatic heterocycles. The van der Waals surface area contributed by atoms with E-state index in [1.807, 2.05) is 43.3 Å². The van der Waals surface area contributed by atoms with E-state index in [-0.39, 0.29) is 18.2 Å². The summed E-state index contributed by atoms with van der Waals surface area (Å²) in [5.74, 6) is 0.447. The highest BCUT2D eigenvalue weighted by molar-refractivity contribution is 6.30. The molecule has 0 bridgehead atoms. The van der Waals surface area contributed by atoms with E-state index in [0.29, 0.717) is 18.0 Å². The number of carbonyl (C=O) groups excluding carboxylic acids is 2. The van der Waals surface area contributed by atoms with E-state index in [4.69, 9.17) is 16.3 Å². The van der Waals surface area contributed by atoms with Gasteiger partial charge in [0.1, 0.15) is 11.8 Å². The zero-order valence-electron chi connectivity index (χ0n) is 15.9. The second-order valence-corrected chi connectivity index (χ2v) is 6.65. The number of nitrogens with zero attached hydrogens (tertiary/aromatic N) is 1. The van der Waals surface area contributed by atoms with Gasteiger partial charge in [0.05, 0.1) is 13.5 Å². The van der Waals surface area contributed by atoms with Crippen LogP contribution < -0.4 is 10.1 Å². The van der Waals surface area contributed by atoms with E-state index < -0.39 is 6.04 Å². The van der Waals surface area contributed by atoms with Crippen LogP contribution in [0.1, 0.15) is 24.5 Å². The van der Waals surface area contributed by atoms with Crippen LogP contribution in [0.25, 0.3) is 0 Å². The van der Waals surface area contributed by atoms with Gasteiger partial charge in [-0.25, -0.2) is 0 Å². The fourth-order valence-electron chi connectivity index (χ4n) is 2.94. The fourth-order valence-corrected chi connectivity index (χ4v) is 3.15. The van der Waals surface area contributed by atoms with Gasteiger partial charge < -0.3 is 15.0 Å². The molecule has 144 valence electrons. The number of nitrogens with one attached hydrogen (secondary N) is 1. The molecule has 1 unspecified atom stereocenters. The molecule has 0 radical (unpaired) electrons. The van der Waals surface area contributed by atoms with Crippen LogP contribution in [0.5, 0.6) is 5.75 Å². The highest BCUT2D eigenvalue weighted by Crippen LogP contribution is 2.18. The topological polar surface area (TPSA) is 58.6 Å². The first-order valence-corrected chi connectivity index (χ1v) is 9.24. The third-order valence-corrected chi connectivity index (χ3v) is 4.62. The van der Waals surface area contributed by atoms with Crippen LogP contribution in [0.4, 0.5) is 0 Å². The van der Waals surface area contributed by atoms with Gasteiger partial charge in [0.15, 0.2) is 0 Å². The summed E-state index contributed by atoms with van der Waals surface area (Å²) in [6.07, 6.45) is 0.710. The summed E-state index contributed by atoms with van der Waals surface area (Å²) < 4.78 is 5.18. The normalized spacial score (nSPS) is 11.6. The number of benzene rings is 2. The maximum absolute atomic E-state index is 13.1. The number of carbonyl (C=O) groups is 2. The van der Waals surface area contributed by atoms with Gasteiger partial charge >= 0.3 is 0 Å². The highest BCUT2D eigenvalue weighted by Gasteiger charge is 2.28. The van der Waals surface area contributed by atoms with Crippen molar-refractivity contribution in [2.24, 2.45) is 0 Å². The molecule has 0 aliphatic heterocycles. The van der Waals surface area contributed by atoms with Crippen LogP contribution >= 0.6 is 11.6 Å². The smallest absolute Gasteiger partial charge is 0.242 e. The molecule has 0 fully saturated rings. The second kappa shape index (κ2) is 9.97. The monoisotopic (exact) mass is 388 g/mol. The van der Waals surface area contributed by atoms with Crippen molar-refractivity contribution in [3.05, 3.63) is 64.7 Å². The van der Waals surface area contributed by atoms with Gasteiger partial charge in [-0.15, -0.1) is 0 Å². The molecule has 1 N–H and O–H groups in total. The summed E-state index contributed by atoms with van der Waals surface area (Å²) in [7, 11) is 3.19. The Labute approximate surface area is 165 Å². The zero-order valence-corrected chi connectivity index (χ0v) is 16.6. The van der Waals surface area contributed by atoms with Gasteiger partial charge in [-0.3, -0.25) is 9.59 Å². The Balaban J connectivity index is 2.26. The van der Waals surface area contributed by atoms with Crippen molar-refractivity contribution in [3.8, 4) is 5.75 Å². The summed E-state index contributed by atoms with van der Waals surface area (Å²) in [5.41, 5.74) is 1.75. The number of amides is 2. The number of likely N-dealkylation sites (N-methyl/N-ethyl adjacent to an activating group) is 1. The Hall–Kier alpha value is -2.53. The van der Waals surface area contributed by atoms with E-state index in [1.165, 1.54) is 0 Å². The highest BCUT2D eigenvalue weighted by atomic mass is 35.5. The molecule has 0 saturated heterocycles. The predicted octanol–water partition coefficient (Wildman–Crippen LogP) is 3.44. The lowest BCUT2D eigenvalue weighted by molar-refractivity contribution is -0.140. The molecule has 2 amide bonds. The van der Waals surface area contributed by atoms with Crippen LogP contribution in [0.3, 0.4) is 0 Å². The Morgan fingerprint density at radius 3 is 2.41 bits per heavy atom. The lowest BCUT2D eigenvalue weighted by Crippen LogP contribution is -2.48. The summed E-state index contributed by atoms with van der Waals surface area (Å²) in [6.45, 7) is 2.24. The van der Waals surface area contributed by atoms with Gasteiger partial charge in [0.25, 0.3) is 0 Å². The van der Waals surface area contributed by atoms with E-state index in [2.05, 4.69) is 5.32 Å². The van der Waals surface area contributed by atoms with E-state index in [0.717, 1.165) is 16.9 Å². The largest absolute Gasteiger partial charge is 0.497 e. The molecule has 6 heteroatoms. The van der Waals surface area contributed by atoms with Gasteiger partial charge in [0, 0.05) is 18.6 Å². The third kappa shape index (κ3) is 5.73. The van der Waals surface area contributed by atoms with Crippen molar-refractivity contribution in [1.29, 1.82) is 0 Å². The maximum atomic E-state index is 13.1. The molecule has 5 nitrogen and oxygen atoms in total. The number of methoxy groups -OCH3 is 1. The molecule has 0 aliphatic rings. The average Bonchev–Trinajstić information content (AvgIpc) is 2.68. The molecule has 0 aliphatic carbocycles. The Morgan fingerprint density at radius 2 is 1.85 bits per heavy atom. The van der Waals surface area contributed by atoms with Crippen molar-refractivity contribution in [2.45, 2.75) is 32.4 Å². The summed E-state index contributed by atoms with van der Waals surface area (Å²) in [6, 6.07) is 14.2. The molecular formula is C21H25ClN2O3. The minimum Gasteiger partial charge on any atom is -0.497 e. The maximum Gasteiger partial charge on any atom is 0.242 e. The van der Waals surface area contributed by atoms with Crippen molar-refractivity contribution in [1.82, 2.24) is 10.2 Å². The standard InChI is InChI=1S/C21H25ClN2O3/c1-4-19(21(26)23-2)24(14-15-8-10-18(27-3)11-9-15)20(25)13-16-6-5-7-17(22)12-16/h5-12,19H,4,13-14H2,1-3H3,(H,23,26). The van der Waals surface area contributed by atoms with Crippen molar-refractivity contribution in [3.63, 3.8) is 0 Å². The van der Waals surface area contributed by atoms with Crippen molar-refractivity contribution < 1.29 is 14.3 Å². The Bertz CT molecular complexity index is 777. The first-order chi connectivity index (χ1) is 13.0. The first kappa shape index (κ1) is 20.8. The van der Waals surface area contributed by atoms with Gasteiger partial charge in [-0.1, -0.05) is 42.8 Å². The molecule has 0 saturated carbocycles. The van der Waals surface area contributed by atoms with Gasteiger partial charge in [-0.2, -0.15) is 0 Å². The minimum absolute atomic E-state index is 0.122. The quantitative estimate of drug-likeness (QED) is 0.753. The molecular weight excluding hydrogens is 364 g/mol. The molecule has 2 rings (SSSR count). The first-order valence-electron chi connectivity index (χ1n) is 8.87. The van der Waals surface area contributed by atoms with Gasteiger partial charge in [0.2, 0.25) is 11.8 Å². The van der Waals surface area contributed by atoms with Crippen molar-refractivity contribution >= 4 is 23.4 Å². The molecule has 2 aromatic carbocycles. The van der Waals surface area contributed by atoms with Crippen LogP contribution in [-0.4, -0.2) is 36.9 Å². The number of hydrogen-bond donors (Lipinski definition) is 1. The number of hydrogen-bond acceptors (Lipinski definition) is 3. The number of ether oxygens (including phenoxy) is 1. The van der Waals surface area contributed by atoms with E-state index in [1.54, 1.807) is 31.2 Å². The lowest BCUT2D eigenvalue weighted by atomic mass is 10.1. The molecule has 0 spiro atoms. The Morgan fingerprint density at radius 1 is 1.15 bits per heavy atom. The second-order valence-electron chi connectivity index (χ2n) is 6.21. The average molecular weight is 389 g/mol. The predicted molar refractivity (Wildman–Crippen MR) is 107 cm³/mol.